The largest absolute Gasteiger partial charge is 0.369 e. The van der Waals surface area contributed by atoms with Crippen molar-refractivity contribution in [2.24, 2.45) is 4.99 Å². The smallest absolute Gasteiger partial charge is 0.269 e. The van der Waals surface area contributed by atoms with Gasteiger partial charge in [-0.05, 0) is 0 Å². The van der Waals surface area contributed by atoms with E-state index in [0.29, 0.717) is 0 Å². The molecule has 0 saturated heterocycles. The van der Waals surface area contributed by atoms with Crippen molar-refractivity contribution in [3.63, 3.8) is 0 Å². The third-order valence-corrected chi connectivity index (χ3v) is 2.04. The minimum Gasteiger partial charge on any atom is -0.369 e. The fraction of sp³-hybridized carbons (Fsp3) is 0.375. The van der Waals surface area contributed by atoms with E-state index in [9.17, 15) is 8.78 Å². The first-order valence-corrected chi connectivity index (χ1v) is 4.89. The molecule has 0 aliphatic rings. The van der Waals surface area contributed by atoms with Gasteiger partial charge in [0.15, 0.2) is 0 Å². The molecule has 4 nitrogen and oxygen atoms in total. The molecule has 0 unspecified atom stereocenters. The van der Waals surface area contributed by atoms with Crippen LogP contribution in [0.2, 0.25) is 10.3 Å². The lowest BCUT2D eigenvalue weighted by Crippen LogP contribution is -2.07. The van der Waals surface area contributed by atoms with Crippen molar-refractivity contribution >= 4 is 35.5 Å². The summed E-state index contributed by atoms with van der Waals surface area (Å²) >= 11 is 11.1. The molecule has 0 amide bonds. The van der Waals surface area contributed by atoms with Gasteiger partial charge < -0.3 is 4.90 Å². The van der Waals surface area contributed by atoms with Crippen molar-refractivity contribution in [2.75, 3.05) is 14.1 Å². The minimum absolute atomic E-state index is 0.0619. The topological polar surface area (TPSA) is 41.4 Å². The van der Waals surface area contributed by atoms with Crippen molar-refractivity contribution < 1.29 is 8.78 Å². The van der Waals surface area contributed by atoms with Crippen molar-refractivity contribution in [1.29, 1.82) is 0 Å². The molecular formula is C8H8Cl2F2N4. The van der Waals surface area contributed by atoms with Gasteiger partial charge in [0, 0.05) is 14.1 Å². The van der Waals surface area contributed by atoms with Gasteiger partial charge in [0.05, 0.1) is 11.9 Å². The van der Waals surface area contributed by atoms with Crippen LogP contribution < -0.4 is 0 Å². The first-order chi connectivity index (χ1) is 7.41. The third-order valence-electron chi connectivity index (χ3n) is 1.46. The number of halogens is 4. The maximum Gasteiger partial charge on any atom is 0.269 e. The number of aliphatic imine (C=N–C) groups is 1. The van der Waals surface area contributed by atoms with E-state index in [1.165, 1.54) is 6.34 Å². The van der Waals surface area contributed by atoms with Crippen molar-refractivity contribution in [2.45, 2.75) is 6.43 Å². The molecule has 16 heavy (non-hydrogen) atoms. The van der Waals surface area contributed by atoms with Gasteiger partial charge in [-0.3, -0.25) is 0 Å². The Kier molecular flexibility index (Phi) is 4.37. The second-order valence-electron chi connectivity index (χ2n) is 3.03. The normalized spacial score (nSPS) is 11.4. The molecule has 1 aromatic rings. The van der Waals surface area contributed by atoms with Crippen molar-refractivity contribution in [1.82, 2.24) is 14.9 Å². The molecule has 0 bridgehead atoms. The number of rotatable bonds is 3. The number of hydrogen-bond donors (Lipinski definition) is 0. The lowest BCUT2D eigenvalue weighted by molar-refractivity contribution is 0.151. The van der Waals surface area contributed by atoms with Gasteiger partial charge in [0.2, 0.25) is 0 Å². The zero-order valence-electron chi connectivity index (χ0n) is 8.46. The van der Waals surface area contributed by atoms with Crippen LogP contribution in [-0.4, -0.2) is 35.3 Å². The van der Waals surface area contributed by atoms with E-state index < -0.39 is 12.0 Å². The van der Waals surface area contributed by atoms with Crippen molar-refractivity contribution in [3.8, 4) is 0 Å². The second kappa shape index (κ2) is 5.36. The van der Waals surface area contributed by atoms with Crippen LogP contribution in [0.1, 0.15) is 12.0 Å². The number of alkyl halides is 2. The summed E-state index contributed by atoms with van der Waals surface area (Å²) in [6.07, 6.45) is -1.41. The highest BCUT2D eigenvalue weighted by Gasteiger charge is 2.19. The molecule has 1 heterocycles. The van der Waals surface area contributed by atoms with E-state index in [4.69, 9.17) is 23.2 Å². The first-order valence-electron chi connectivity index (χ1n) is 4.13. The quantitative estimate of drug-likeness (QED) is 0.481. The Bertz CT molecular complexity index is 386. The predicted octanol–water partition coefficient (Wildman–Crippen LogP) is 2.94. The summed E-state index contributed by atoms with van der Waals surface area (Å²) in [5.41, 5.74) is -0.577. The fourth-order valence-corrected chi connectivity index (χ4v) is 1.35. The van der Waals surface area contributed by atoms with E-state index in [1.54, 1.807) is 19.0 Å². The van der Waals surface area contributed by atoms with Gasteiger partial charge in [-0.2, -0.15) is 9.97 Å². The highest BCUT2D eigenvalue weighted by molar-refractivity contribution is 6.34. The SMILES string of the molecule is CN(C)C=Nc1nc(Cl)c(C(F)F)c(Cl)n1. The van der Waals surface area contributed by atoms with E-state index in [1.807, 2.05) is 0 Å². The van der Waals surface area contributed by atoms with Gasteiger partial charge in [-0.25, -0.2) is 13.8 Å². The van der Waals surface area contributed by atoms with Crippen LogP contribution in [0.3, 0.4) is 0 Å². The third kappa shape index (κ3) is 3.24. The summed E-state index contributed by atoms with van der Waals surface area (Å²) in [5.74, 6) is -0.0619. The predicted molar refractivity (Wildman–Crippen MR) is 58.8 cm³/mol. The van der Waals surface area contributed by atoms with E-state index in [2.05, 4.69) is 15.0 Å². The molecule has 1 rings (SSSR count). The molecule has 0 aliphatic heterocycles. The Morgan fingerprint density at radius 1 is 1.25 bits per heavy atom. The highest BCUT2D eigenvalue weighted by Crippen LogP contribution is 2.32. The van der Waals surface area contributed by atoms with E-state index >= 15 is 0 Å². The molecule has 0 spiro atoms. The van der Waals surface area contributed by atoms with Gasteiger partial charge in [0.25, 0.3) is 12.4 Å². The standard InChI is InChI=1S/C8H8Cl2F2N4/c1-16(2)3-13-8-14-5(9)4(7(11)12)6(10)15-8/h3,7H,1-2H3. The van der Waals surface area contributed by atoms with E-state index in [0.717, 1.165) is 0 Å². The molecule has 1 aromatic heterocycles. The summed E-state index contributed by atoms with van der Waals surface area (Å²) < 4.78 is 24.9. The zero-order valence-corrected chi connectivity index (χ0v) is 9.97. The van der Waals surface area contributed by atoms with Crippen LogP contribution in [0, 0.1) is 0 Å². The summed E-state index contributed by atoms with van der Waals surface area (Å²) in [6, 6.07) is 0. The monoisotopic (exact) mass is 268 g/mol. The average Bonchev–Trinajstić information content (AvgIpc) is 2.12. The first kappa shape index (κ1) is 13.1. The van der Waals surface area contributed by atoms with Crippen LogP contribution in [0.15, 0.2) is 4.99 Å². The van der Waals surface area contributed by atoms with E-state index in [-0.39, 0.29) is 16.3 Å². The molecule has 0 fully saturated rings. The maximum atomic E-state index is 12.4. The Labute approximate surface area is 101 Å². The Morgan fingerprint density at radius 2 is 1.75 bits per heavy atom. The van der Waals surface area contributed by atoms with Crippen LogP contribution in [0.4, 0.5) is 14.7 Å². The molecule has 8 heteroatoms. The molecular weight excluding hydrogens is 261 g/mol. The number of aromatic nitrogens is 2. The van der Waals surface area contributed by atoms with Crippen LogP contribution in [0.25, 0.3) is 0 Å². The van der Waals surface area contributed by atoms with Gasteiger partial charge in [-0.15, -0.1) is 0 Å². The fourth-order valence-electron chi connectivity index (χ4n) is 0.811. The Morgan fingerprint density at radius 3 is 2.12 bits per heavy atom. The average molecular weight is 269 g/mol. The Balaban J connectivity index is 3.10. The zero-order chi connectivity index (χ0) is 12.3. The number of hydrogen-bond acceptors (Lipinski definition) is 3. The summed E-state index contributed by atoms with van der Waals surface area (Å²) in [5, 5.41) is -0.776. The maximum absolute atomic E-state index is 12.4. The summed E-state index contributed by atoms with van der Waals surface area (Å²) in [7, 11) is 3.47. The molecule has 0 aliphatic carbocycles. The van der Waals surface area contributed by atoms with Gasteiger partial charge in [-0.1, -0.05) is 23.2 Å². The molecule has 0 atom stereocenters. The molecule has 0 N–H and O–H groups in total. The molecule has 0 aromatic carbocycles. The summed E-state index contributed by atoms with van der Waals surface area (Å²) in [4.78, 5) is 12.6. The van der Waals surface area contributed by atoms with Crippen molar-refractivity contribution in [3.05, 3.63) is 15.9 Å². The van der Waals surface area contributed by atoms with Crippen LogP contribution in [0.5, 0.6) is 0 Å². The van der Waals surface area contributed by atoms with Gasteiger partial charge >= 0.3 is 0 Å². The van der Waals surface area contributed by atoms with Crippen LogP contribution in [-0.2, 0) is 0 Å². The molecule has 0 saturated carbocycles. The van der Waals surface area contributed by atoms with Gasteiger partial charge in [0.1, 0.15) is 10.3 Å². The molecule has 0 radical (unpaired) electrons. The lowest BCUT2D eigenvalue weighted by atomic mass is 10.3. The number of nitrogens with zero attached hydrogens (tertiary/aromatic N) is 4. The minimum atomic E-state index is -2.81. The Hall–Kier alpha value is -1.01. The second-order valence-corrected chi connectivity index (χ2v) is 3.74. The summed E-state index contributed by atoms with van der Waals surface area (Å²) in [6.45, 7) is 0. The lowest BCUT2D eigenvalue weighted by Gasteiger charge is -2.05. The molecule has 88 valence electrons. The van der Waals surface area contributed by atoms with Crippen LogP contribution >= 0.6 is 23.2 Å². The highest BCUT2D eigenvalue weighted by atomic mass is 35.5.